The van der Waals surface area contributed by atoms with Crippen molar-refractivity contribution in [3.63, 3.8) is 0 Å². The number of rotatable bonds is 6. The largest absolute Gasteiger partial charge is 0.377 e. The first-order valence-corrected chi connectivity index (χ1v) is 7.32. The van der Waals surface area contributed by atoms with Gasteiger partial charge in [-0.05, 0) is 29.3 Å². The molecule has 0 bridgehead atoms. The molecule has 1 N–H and O–H groups in total. The summed E-state index contributed by atoms with van der Waals surface area (Å²) in [5, 5.41) is 11.2. The van der Waals surface area contributed by atoms with Crippen molar-refractivity contribution in [2.75, 3.05) is 5.32 Å². The van der Waals surface area contributed by atoms with Crippen molar-refractivity contribution in [2.24, 2.45) is 0 Å². The van der Waals surface area contributed by atoms with Crippen molar-refractivity contribution in [2.45, 2.75) is 39.8 Å². The average molecular weight is 341 g/mol. The van der Waals surface area contributed by atoms with E-state index in [0.29, 0.717) is 23.2 Å². The van der Waals surface area contributed by atoms with Gasteiger partial charge >= 0.3 is 0 Å². The number of hydrogen-bond donors (Lipinski definition) is 1. The van der Waals surface area contributed by atoms with Crippen LogP contribution in [-0.2, 0) is 13.1 Å². The Bertz CT molecular complexity index is 636. The molecular weight excluding hydrogens is 324 g/mol. The van der Waals surface area contributed by atoms with Gasteiger partial charge in [0.05, 0.1) is 18.4 Å². The van der Waals surface area contributed by atoms with E-state index in [2.05, 4.69) is 38.4 Å². The standard InChI is InChI=1S/C13H17BrN4O2/c1-3-4-5-18-13(19)12(14)11(8-16-18)15-7-10-6-9(2)20-17-10/h6,8,15H,3-5,7H2,1-2H3. The molecule has 2 heterocycles. The van der Waals surface area contributed by atoms with Crippen LogP contribution in [0.4, 0.5) is 5.69 Å². The molecule has 0 saturated carbocycles. The predicted molar refractivity (Wildman–Crippen MR) is 79.7 cm³/mol. The highest BCUT2D eigenvalue weighted by molar-refractivity contribution is 9.10. The van der Waals surface area contributed by atoms with Gasteiger partial charge in [-0.3, -0.25) is 4.79 Å². The summed E-state index contributed by atoms with van der Waals surface area (Å²) in [6.07, 6.45) is 3.61. The fourth-order valence-electron chi connectivity index (χ4n) is 1.74. The van der Waals surface area contributed by atoms with Crippen LogP contribution in [0.5, 0.6) is 0 Å². The molecule has 108 valence electrons. The van der Waals surface area contributed by atoms with Crippen molar-refractivity contribution >= 4 is 21.6 Å². The highest BCUT2D eigenvalue weighted by Gasteiger charge is 2.09. The van der Waals surface area contributed by atoms with Crippen LogP contribution in [0.25, 0.3) is 0 Å². The molecule has 0 aliphatic carbocycles. The summed E-state index contributed by atoms with van der Waals surface area (Å²) in [5.41, 5.74) is 1.31. The molecule has 2 aromatic rings. The van der Waals surface area contributed by atoms with Crippen LogP contribution >= 0.6 is 15.9 Å². The number of hydrogen-bond acceptors (Lipinski definition) is 5. The minimum Gasteiger partial charge on any atom is -0.377 e. The van der Waals surface area contributed by atoms with E-state index in [1.165, 1.54) is 4.68 Å². The summed E-state index contributed by atoms with van der Waals surface area (Å²) >= 11 is 3.32. The van der Waals surface area contributed by atoms with Crippen LogP contribution in [0.15, 0.2) is 26.1 Å². The van der Waals surface area contributed by atoms with Crippen molar-refractivity contribution in [1.82, 2.24) is 14.9 Å². The number of aromatic nitrogens is 3. The SMILES string of the molecule is CCCCn1ncc(NCc2cc(C)on2)c(Br)c1=O. The van der Waals surface area contributed by atoms with Crippen molar-refractivity contribution in [3.05, 3.63) is 38.5 Å². The van der Waals surface area contributed by atoms with Gasteiger partial charge in [-0.1, -0.05) is 18.5 Å². The zero-order chi connectivity index (χ0) is 14.5. The second-order valence-corrected chi connectivity index (χ2v) is 5.33. The lowest BCUT2D eigenvalue weighted by Gasteiger charge is -2.09. The molecule has 0 aliphatic heterocycles. The van der Waals surface area contributed by atoms with Crippen LogP contribution in [0, 0.1) is 6.92 Å². The molecule has 0 unspecified atom stereocenters. The van der Waals surface area contributed by atoms with E-state index in [4.69, 9.17) is 4.52 Å². The van der Waals surface area contributed by atoms with Gasteiger partial charge in [0, 0.05) is 12.6 Å². The lowest BCUT2D eigenvalue weighted by molar-refractivity contribution is 0.391. The van der Waals surface area contributed by atoms with Gasteiger partial charge in [0.2, 0.25) is 0 Å². The second-order valence-electron chi connectivity index (χ2n) is 4.54. The summed E-state index contributed by atoms with van der Waals surface area (Å²) in [7, 11) is 0. The molecule has 2 aromatic heterocycles. The van der Waals surface area contributed by atoms with E-state index in [1.807, 2.05) is 13.0 Å². The van der Waals surface area contributed by atoms with Crippen LogP contribution in [-0.4, -0.2) is 14.9 Å². The highest BCUT2D eigenvalue weighted by Crippen LogP contribution is 2.17. The zero-order valence-corrected chi connectivity index (χ0v) is 13.1. The van der Waals surface area contributed by atoms with Gasteiger partial charge in [0.15, 0.2) is 0 Å². The number of anilines is 1. The van der Waals surface area contributed by atoms with Crippen LogP contribution in [0.3, 0.4) is 0 Å². The Labute approximate surface area is 125 Å². The smallest absolute Gasteiger partial charge is 0.283 e. The van der Waals surface area contributed by atoms with E-state index in [9.17, 15) is 4.79 Å². The van der Waals surface area contributed by atoms with Crippen LogP contribution in [0.1, 0.15) is 31.2 Å². The fraction of sp³-hybridized carbons (Fsp3) is 0.462. The first kappa shape index (κ1) is 14.8. The molecule has 0 fully saturated rings. The third-order valence-electron chi connectivity index (χ3n) is 2.85. The van der Waals surface area contributed by atoms with Gasteiger partial charge in [-0.2, -0.15) is 5.10 Å². The molecule has 0 aliphatic rings. The fourth-order valence-corrected chi connectivity index (χ4v) is 2.19. The summed E-state index contributed by atoms with van der Waals surface area (Å²) in [5.74, 6) is 0.758. The number of halogens is 1. The first-order chi connectivity index (χ1) is 9.61. The van der Waals surface area contributed by atoms with E-state index in [-0.39, 0.29) is 5.56 Å². The maximum Gasteiger partial charge on any atom is 0.283 e. The van der Waals surface area contributed by atoms with Crippen LogP contribution < -0.4 is 10.9 Å². The van der Waals surface area contributed by atoms with Crippen LogP contribution in [0.2, 0.25) is 0 Å². The van der Waals surface area contributed by atoms with Gasteiger partial charge in [-0.15, -0.1) is 0 Å². The Kier molecular flexibility index (Phi) is 4.94. The summed E-state index contributed by atoms with van der Waals surface area (Å²) in [4.78, 5) is 12.1. The Morgan fingerprint density at radius 3 is 2.95 bits per heavy atom. The summed E-state index contributed by atoms with van der Waals surface area (Å²) in [6, 6.07) is 1.84. The highest BCUT2D eigenvalue weighted by atomic mass is 79.9. The third kappa shape index (κ3) is 3.47. The molecule has 0 aromatic carbocycles. The monoisotopic (exact) mass is 340 g/mol. The second kappa shape index (κ2) is 6.69. The average Bonchev–Trinajstić information content (AvgIpc) is 2.85. The molecule has 0 radical (unpaired) electrons. The quantitative estimate of drug-likeness (QED) is 0.875. The molecule has 7 heteroatoms. The molecule has 0 spiro atoms. The van der Waals surface area contributed by atoms with Gasteiger partial charge in [0.25, 0.3) is 5.56 Å². The first-order valence-electron chi connectivity index (χ1n) is 6.53. The molecule has 0 saturated heterocycles. The van der Waals surface area contributed by atoms with Crippen molar-refractivity contribution in [1.29, 1.82) is 0 Å². The lowest BCUT2D eigenvalue weighted by Crippen LogP contribution is -2.24. The third-order valence-corrected chi connectivity index (χ3v) is 3.61. The Hall–Kier alpha value is -1.63. The number of unbranched alkanes of at least 4 members (excludes halogenated alkanes) is 1. The maximum atomic E-state index is 12.1. The van der Waals surface area contributed by atoms with E-state index < -0.39 is 0 Å². The summed E-state index contributed by atoms with van der Waals surface area (Å²) in [6.45, 7) is 5.03. The minimum absolute atomic E-state index is 0.125. The molecule has 2 rings (SSSR count). The van der Waals surface area contributed by atoms with Gasteiger partial charge < -0.3 is 9.84 Å². The van der Waals surface area contributed by atoms with Crippen molar-refractivity contribution in [3.8, 4) is 0 Å². The number of nitrogens with zero attached hydrogens (tertiary/aromatic N) is 3. The number of aryl methyl sites for hydroxylation is 2. The molecule has 0 atom stereocenters. The summed E-state index contributed by atoms with van der Waals surface area (Å²) < 4.78 is 6.95. The van der Waals surface area contributed by atoms with E-state index >= 15 is 0 Å². The zero-order valence-electron chi connectivity index (χ0n) is 11.5. The van der Waals surface area contributed by atoms with Gasteiger partial charge in [0.1, 0.15) is 15.9 Å². The Balaban J connectivity index is 2.09. The molecule has 0 amide bonds. The topological polar surface area (TPSA) is 73.0 Å². The maximum absolute atomic E-state index is 12.1. The van der Waals surface area contributed by atoms with E-state index in [1.54, 1.807) is 6.20 Å². The van der Waals surface area contributed by atoms with Crippen molar-refractivity contribution < 1.29 is 4.52 Å². The Morgan fingerprint density at radius 2 is 2.30 bits per heavy atom. The number of nitrogens with one attached hydrogen (secondary N) is 1. The van der Waals surface area contributed by atoms with Gasteiger partial charge in [-0.25, -0.2) is 4.68 Å². The molecule has 20 heavy (non-hydrogen) atoms. The normalized spacial score (nSPS) is 10.8. The molecule has 6 nitrogen and oxygen atoms in total. The lowest BCUT2D eigenvalue weighted by atomic mass is 10.3. The Morgan fingerprint density at radius 1 is 1.50 bits per heavy atom. The molecular formula is C13H17BrN4O2. The predicted octanol–water partition coefficient (Wildman–Crippen LogP) is 2.71. The minimum atomic E-state index is -0.125. The van der Waals surface area contributed by atoms with E-state index in [0.717, 1.165) is 24.3 Å².